The summed E-state index contributed by atoms with van der Waals surface area (Å²) in [6, 6.07) is 79.6. The molecular formula is C50H46Au2Cl2Fe2P2S4. The molecule has 8 rings (SSSR count). The molecule has 0 saturated carbocycles. The molecule has 0 radical (unpaired) electrons. The molecule has 62 heavy (non-hydrogen) atoms. The Balaban J connectivity index is 0. The second-order valence-corrected chi connectivity index (χ2v) is 19.6. The predicted molar refractivity (Wildman–Crippen MR) is 275 cm³/mol. The van der Waals surface area contributed by atoms with Gasteiger partial charge in [-0.25, -0.2) is 48.5 Å². The van der Waals surface area contributed by atoms with Crippen molar-refractivity contribution in [1.82, 2.24) is 0 Å². The molecule has 0 spiro atoms. The second-order valence-electron chi connectivity index (χ2n) is 11.9. The number of benzene rings is 4. The van der Waals surface area contributed by atoms with E-state index in [1.165, 1.54) is 40.0 Å². The first-order chi connectivity index (χ1) is 28.4. The van der Waals surface area contributed by atoms with E-state index in [4.69, 9.17) is 72.9 Å². The number of hydrogen-bond donors (Lipinski definition) is 0. The minimum absolute atomic E-state index is 0. The summed E-state index contributed by atoms with van der Waals surface area (Å²) < 4.78 is 1.10. The molecule has 0 aromatic heterocycles. The zero-order chi connectivity index (χ0) is 41.5. The topological polar surface area (TPSA) is 0 Å². The van der Waals surface area contributed by atoms with Gasteiger partial charge in [0.2, 0.25) is 0 Å². The number of halogens is 2. The third-order valence-electron chi connectivity index (χ3n) is 7.94. The summed E-state index contributed by atoms with van der Waals surface area (Å²) >= 11 is 28.4. The van der Waals surface area contributed by atoms with Gasteiger partial charge < -0.3 is 49.7 Å². The quantitative estimate of drug-likeness (QED) is 0.0334. The Bertz CT molecular complexity index is 1850. The number of thiocarbonyl (C=S) groups is 2. The van der Waals surface area contributed by atoms with Crippen molar-refractivity contribution in [2.45, 2.75) is 6.42 Å². The van der Waals surface area contributed by atoms with Gasteiger partial charge >= 0.3 is 78.9 Å². The van der Waals surface area contributed by atoms with Gasteiger partial charge in [0.1, 0.15) is 0 Å². The average molecular weight is 1410 g/mol. The van der Waals surface area contributed by atoms with E-state index in [1.807, 2.05) is 109 Å². The van der Waals surface area contributed by atoms with Crippen molar-refractivity contribution in [3.05, 3.63) is 242 Å². The molecule has 0 atom stereocenters. The van der Waals surface area contributed by atoms with Crippen molar-refractivity contribution in [3.8, 4) is 0 Å². The standard InChI is InChI=1S/C27H26P2.2C6H5S2.2C5H5.CH2Cl2.2Au.2Fe/c1-5-14-24(15-6-1)28(25-16-7-2-8-17-25)22-13-23-29(26-18-9-3-10-19-26)27-20-11-4-12-21-27;2*7-6(8)5-3-1-2-4-5;2*1-2-4-5-3-1;2-1-3;;;;/h1-12,14-21H,13,22-23H2;2*1-4H,(H,7,8);2*1-5H;1H2;;;;/q;4*-1;;2*+1;2*+2/p-2. The third kappa shape index (κ3) is 27.4. The maximum Gasteiger partial charge on any atom is 2.00 e. The summed E-state index contributed by atoms with van der Waals surface area (Å²) in [6.07, 6.45) is 3.72. The van der Waals surface area contributed by atoms with Crippen LogP contribution in [-0.2, 0) is 104 Å². The molecule has 8 aromatic rings. The van der Waals surface area contributed by atoms with Crippen molar-refractivity contribution in [3.63, 3.8) is 0 Å². The van der Waals surface area contributed by atoms with Crippen LogP contribution < -0.4 is 21.2 Å². The van der Waals surface area contributed by atoms with Crippen LogP contribution in [0.25, 0.3) is 0 Å². The second kappa shape index (κ2) is 41.3. The molecule has 0 aliphatic heterocycles. The van der Waals surface area contributed by atoms with E-state index in [9.17, 15) is 0 Å². The van der Waals surface area contributed by atoms with Gasteiger partial charge in [-0.3, -0.25) is 0 Å². The SMILES string of the molecule is ClCCl.S=C([S-])[c-]1cccc1.S=C([S-])[c-]1cccc1.[Au+].[Au+].[Fe+2].[Fe+2].c1cc[cH-]c1.c1cc[cH-]c1.c1ccc(P(CCCP(c2ccccc2)c2ccccc2)c2ccccc2)cc1. The van der Waals surface area contributed by atoms with E-state index in [0.717, 1.165) is 11.1 Å². The molecule has 8 aromatic carbocycles. The van der Waals surface area contributed by atoms with Gasteiger partial charge in [0, 0.05) is 0 Å². The first-order valence-electron chi connectivity index (χ1n) is 18.5. The van der Waals surface area contributed by atoms with Crippen LogP contribution in [0.15, 0.2) is 231 Å². The molecule has 0 saturated heterocycles. The first-order valence-corrected chi connectivity index (χ1v) is 24.3. The molecule has 0 nitrogen and oxygen atoms in total. The number of rotatable bonds is 10. The zero-order valence-electron chi connectivity index (χ0n) is 33.4. The van der Waals surface area contributed by atoms with Crippen LogP contribution in [0.1, 0.15) is 17.5 Å². The largest absolute Gasteiger partial charge is 2.00 e. The van der Waals surface area contributed by atoms with E-state index in [2.05, 4.69) is 121 Å². The van der Waals surface area contributed by atoms with Gasteiger partial charge in [-0.15, -0.1) is 34.3 Å². The van der Waals surface area contributed by atoms with Gasteiger partial charge in [-0.2, -0.15) is 69.1 Å². The molecule has 0 heterocycles. The van der Waals surface area contributed by atoms with Crippen molar-refractivity contribution >= 4 is 118 Å². The van der Waals surface area contributed by atoms with E-state index in [1.54, 1.807) is 0 Å². The van der Waals surface area contributed by atoms with Crippen LogP contribution in [0.2, 0.25) is 0 Å². The summed E-state index contributed by atoms with van der Waals surface area (Å²) in [7, 11) is -0.618. The van der Waals surface area contributed by atoms with Crippen molar-refractivity contribution < 1.29 is 78.9 Å². The number of hydrogen-bond acceptors (Lipinski definition) is 4. The Morgan fingerprint density at radius 1 is 0.435 bits per heavy atom. The maximum absolute atomic E-state index is 4.76. The normalized spacial score (nSPS) is 9.10. The average Bonchev–Trinajstić information content (AvgIpc) is 4.12. The van der Waals surface area contributed by atoms with E-state index in [0.29, 0.717) is 8.39 Å². The van der Waals surface area contributed by atoms with Crippen LogP contribution in [0, 0.1) is 0 Å². The molecule has 0 unspecified atom stereocenters. The molecular weight excluding hydrogens is 1370 g/mol. The number of alkyl halides is 2. The van der Waals surface area contributed by atoms with Crippen LogP contribution in [0.3, 0.4) is 0 Å². The monoisotopic (exact) mass is 1410 g/mol. The van der Waals surface area contributed by atoms with Crippen molar-refractivity contribution in [1.29, 1.82) is 0 Å². The molecule has 332 valence electrons. The van der Waals surface area contributed by atoms with Gasteiger partial charge in [-0.1, -0.05) is 121 Å². The molecule has 12 heteroatoms. The molecule has 0 aliphatic carbocycles. The molecule has 0 N–H and O–H groups in total. The Kier molecular flexibility index (Phi) is 41.9. The van der Waals surface area contributed by atoms with Gasteiger partial charge in [-0.05, 0) is 55.8 Å². The smallest absolute Gasteiger partial charge is 0.441 e. The summed E-state index contributed by atoms with van der Waals surface area (Å²) in [5.74, 6) is 0. The summed E-state index contributed by atoms with van der Waals surface area (Å²) in [5, 5.41) is 6.13. The van der Waals surface area contributed by atoms with Crippen LogP contribution in [0.4, 0.5) is 0 Å². The summed E-state index contributed by atoms with van der Waals surface area (Å²) in [4.78, 5) is 0. The fourth-order valence-electron chi connectivity index (χ4n) is 5.29. The van der Waals surface area contributed by atoms with Gasteiger partial charge in [0.15, 0.2) is 0 Å². The third-order valence-corrected chi connectivity index (χ3v) is 14.1. The minimum Gasteiger partial charge on any atom is -0.441 e. The Morgan fingerprint density at radius 2 is 0.661 bits per heavy atom. The molecule has 0 aliphatic rings. The molecule has 0 amide bonds. The van der Waals surface area contributed by atoms with Crippen LogP contribution in [0.5, 0.6) is 0 Å². The Labute approximate surface area is 457 Å². The Morgan fingerprint density at radius 3 is 0.823 bits per heavy atom. The summed E-state index contributed by atoms with van der Waals surface area (Å²) in [6.45, 7) is 0. The van der Waals surface area contributed by atoms with Crippen LogP contribution >= 0.6 is 63.5 Å². The minimum atomic E-state index is -0.309. The maximum atomic E-state index is 4.76. The van der Waals surface area contributed by atoms with Gasteiger partial charge in [0.05, 0.1) is 5.34 Å². The fraction of sp³-hybridized carbons (Fsp3) is 0.0800. The van der Waals surface area contributed by atoms with Gasteiger partial charge in [0.25, 0.3) is 0 Å². The van der Waals surface area contributed by atoms with E-state index >= 15 is 0 Å². The van der Waals surface area contributed by atoms with Crippen molar-refractivity contribution in [2.24, 2.45) is 0 Å². The zero-order valence-corrected chi connectivity index (χ0v) is 46.5. The van der Waals surface area contributed by atoms with E-state index in [-0.39, 0.29) is 100 Å². The molecule has 0 bridgehead atoms. The predicted octanol–water partition coefficient (Wildman–Crippen LogP) is 13.1. The first kappa shape index (κ1) is 62.9. The van der Waals surface area contributed by atoms with Crippen LogP contribution in [-0.4, -0.2) is 26.1 Å². The Hall–Kier alpha value is -1.14. The van der Waals surface area contributed by atoms with Crippen molar-refractivity contribution in [2.75, 3.05) is 17.7 Å². The molecule has 0 fully saturated rings. The van der Waals surface area contributed by atoms with E-state index < -0.39 is 0 Å². The fourth-order valence-corrected chi connectivity index (χ4v) is 10.8. The summed E-state index contributed by atoms with van der Waals surface area (Å²) in [5.41, 5.74) is 1.96.